The van der Waals surface area contributed by atoms with Gasteiger partial charge in [0.05, 0.1) is 12.1 Å². The number of aliphatic hydroxyl groups excluding tert-OH is 1. The normalized spacial score (nSPS) is 15.1. The summed E-state index contributed by atoms with van der Waals surface area (Å²) >= 11 is 0. The fourth-order valence-corrected chi connectivity index (χ4v) is 2.34. The SMILES string of the molecule is CCCC(C)(CO)NC(=O)NC(C)Cc1cccc(F)c1. The van der Waals surface area contributed by atoms with Crippen LogP contribution in [0.4, 0.5) is 9.18 Å². The number of hydrogen-bond donors (Lipinski definition) is 3. The van der Waals surface area contributed by atoms with Crippen LogP contribution in [0.2, 0.25) is 0 Å². The van der Waals surface area contributed by atoms with Gasteiger partial charge >= 0.3 is 6.03 Å². The summed E-state index contributed by atoms with van der Waals surface area (Å²) in [5.41, 5.74) is 0.221. The highest BCUT2D eigenvalue weighted by molar-refractivity contribution is 5.75. The zero-order valence-corrected chi connectivity index (χ0v) is 12.9. The Bertz CT molecular complexity index is 467. The van der Waals surface area contributed by atoms with Crippen LogP contribution in [0.25, 0.3) is 0 Å². The van der Waals surface area contributed by atoms with Crippen molar-refractivity contribution < 1.29 is 14.3 Å². The molecule has 1 rings (SSSR count). The van der Waals surface area contributed by atoms with Crippen LogP contribution < -0.4 is 10.6 Å². The molecule has 1 aromatic carbocycles. The second kappa shape index (κ2) is 7.98. The fourth-order valence-electron chi connectivity index (χ4n) is 2.34. The number of halogens is 1. The van der Waals surface area contributed by atoms with Crippen LogP contribution in [-0.2, 0) is 6.42 Å². The van der Waals surface area contributed by atoms with Crippen molar-refractivity contribution in [2.75, 3.05) is 6.61 Å². The molecule has 0 heterocycles. The first-order chi connectivity index (χ1) is 9.88. The van der Waals surface area contributed by atoms with Gasteiger partial charge in [0.25, 0.3) is 0 Å². The average molecular weight is 296 g/mol. The second-order valence-electron chi connectivity index (χ2n) is 5.80. The second-order valence-corrected chi connectivity index (χ2v) is 5.80. The minimum atomic E-state index is -0.614. The Morgan fingerprint density at radius 2 is 2.19 bits per heavy atom. The highest BCUT2D eigenvalue weighted by Gasteiger charge is 2.24. The number of aliphatic hydroxyl groups is 1. The standard InChI is InChI=1S/C16H25FN2O2/c1-4-8-16(3,11-20)19-15(21)18-12(2)9-13-6-5-7-14(17)10-13/h5-7,10,12,20H,4,8-9,11H2,1-3H3,(H2,18,19,21). The first-order valence-corrected chi connectivity index (χ1v) is 7.32. The van der Waals surface area contributed by atoms with Crippen LogP contribution >= 0.6 is 0 Å². The summed E-state index contributed by atoms with van der Waals surface area (Å²) in [6, 6.07) is 5.90. The highest BCUT2D eigenvalue weighted by atomic mass is 19.1. The molecular formula is C16H25FN2O2. The summed E-state index contributed by atoms with van der Waals surface area (Å²) in [7, 11) is 0. The predicted molar refractivity (Wildman–Crippen MR) is 81.6 cm³/mol. The number of nitrogens with one attached hydrogen (secondary N) is 2. The Kier molecular flexibility index (Phi) is 6.62. The Hall–Kier alpha value is -1.62. The molecule has 4 nitrogen and oxygen atoms in total. The molecule has 0 aliphatic rings. The maximum Gasteiger partial charge on any atom is 0.315 e. The lowest BCUT2D eigenvalue weighted by Crippen LogP contribution is -2.54. The number of rotatable bonds is 7. The molecule has 0 radical (unpaired) electrons. The summed E-state index contributed by atoms with van der Waals surface area (Å²) in [5.74, 6) is -0.278. The Morgan fingerprint density at radius 1 is 1.48 bits per heavy atom. The van der Waals surface area contributed by atoms with Gasteiger partial charge in [-0.15, -0.1) is 0 Å². The maximum absolute atomic E-state index is 13.1. The first-order valence-electron chi connectivity index (χ1n) is 7.32. The highest BCUT2D eigenvalue weighted by Crippen LogP contribution is 2.11. The fraction of sp³-hybridized carbons (Fsp3) is 0.562. The van der Waals surface area contributed by atoms with Crippen LogP contribution in [0.1, 0.15) is 39.2 Å². The summed E-state index contributed by atoms with van der Waals surface area (Å²) in [6.07, 6.45) is 2.13. The van der Waals surface area contributed by atoms with E-state index in [2.05, 4.69) is 10.6 Å². The third kappa shape index (κ3) is 6.12. The monoisotopic (exact) mass is 296 g/mol. The quantitative estimate of drug-likeness (QED) is 0.724. The van der Waals surface area contributed by atoms with Crippen LogP contribution in [0.15, 0.2) is 24.3 Å². The van der Waals surface area contributed by atoms with Crippen molar-refractivity contribution in [1.29, 1.82) is 0 Å². The third-order valence-corrected chi connectivity index (χ3v) is 3.37. The summed E-state index contributed by atoms with van der Waals surface area (Å²) in [6.45, 7) is 5.57. The Balaban J connectivity index is 2.50. The van der Waals surface area contributed by atoms with Crippen molar-refractivity contribution in [1.82, 2.24) is 10.6 Å². The molecule has 0 aliphatic heterocycles. The van der Waals surface area contributed by atoms with Gasteiger partial charge in [-0.25, -0.2) is 9.18 Å². The van der Waals surface area contributed by atoms with E-state index < -0.39 is 5.54 Å². The smallest absolute Gasteiger partial charge is 0.315 e. The van der Waals surface area contributed by atoms with Gasteiger partial charge in [-0.1, -0.05) is 25.5 Å². The lowest BCUT2D eigenvalue weighted by Gasteiger charge is -2.29. The molecule has 21 heavy (non-hydrogen) atoms. The first kappa shape index (κ1) is 17.4. The van der Waals surface area contributed by atoms with Gasteiger partial charge in [-0.3, -0.25) is 0 Å². The Labute approximate surface area is 125 Å². The van der Waals surface area contributed by atoms with E-state index in [1.165, 1.54) is 12.1 Å². The van der Waals surface area contributed by atoms with Crippen molar-refractivity contribution in [3.8, 4) is 0 Å². The van der Waals surface area contributed by atoms with Crippen molar-refractivity contribution >= 4 is 6.03 Å². The zero-order valence-electron chi connectivity index (χ0n) is 12.9. The number of carbonyl (C=O) groups is 1. The molecule has 118 valence electrons. The number of hydrogen-bond acceptors (Lipinski definition) is 2. The van der Waals surface area contributed by atoms with Gasteiger partial charge in [-0.05, 0) is 44.4 Å². The third-order valence-electron chi connectivity index (χ3n) is 3.37. The zero-order chi connectivity index (χ0) is 15.9. The van der Waals surface area contributed by atoms with E-state index in [9.17, 15) is 14.3 Å². The molecule has 2 atom stereocenters. The summed E-state index contributed by atoms with van der Waals surface area (Å²) < 4.78 is 13.1. The molecule has 2 amide bonds. The number of carbonyl (C=O) groups excluding carboxylic acids is 1. The van der Waals surface area contributed by atoms with Gasteiger partial charge in [-0.2, -0.15) is 0 Å². The topological polar surface area (TPSA) is 61.4 Å². The van der Waals surface area contributed by atoms with Gasteiger partial charge in [0.1, 0.15) is 5.82 Å². The molecular weight excluding hydrogens is 271 g/mol. The van der Waals surface area contributed by atoms with Gasteiger partial charge in [0.15, 0.2) is 0 Å². The minimum Gasteiger partial charge on any atom is -0.394 e. The summed E-state index contributed by atoms with van der Waals surface area (Å²) in [5, 5.41) is 15.0. The van der Waals surface area contributed by atoms with E-state index in [4.69, 9.17) is 0 Å². The molecule has 0 aliphatic carbocycles. The molecule has 5 heteroatoms. The van der Waals surface area contributed by atoms with Crippen LogP contribution in [0.5, 0.6) is 0 Å². The van der Waals surface area contributed by atoms with Crippen LogP contribution in [0, 0.1) is 5.82 Å². The molecule has 0 aromatic heterocycles. The molecule has 0 bridgehead atoms. The lowest BCUT2D eigenvalue weighted by molar-refractivity contribution is 0.162. The molecule has 2 unspecified atom stereocenters. The largest absolute Gasteiger partial charge is 0.394 e. The van der Waals surface area contributed by atoms with E-state index in [0.717, 1.165) is 12.0 Å². The minimum absolute atomic E-state index is 0.105. The van der Waals surface area contributed by atoms with Crippen molar-refractivity contribution in [2.24, 2.45) is 0 Å². The molecule has 0 saturated carbocycles. The van der Waals surface area contributed by atoms with E-state index in [1.54, 1.807) is 6.07 Å². The Morgan fingerprint density at radius 3 is 2.76 bits per heavy atom. The van der Waals surface area contributed by atoms with Crippen molar-refractivity contribution in [2.45, 2.75) is 51.6 Å². The van der Waals surface area contributed by atoms with Gasteiger partial charge in [0.2, 0.25) is 0 Å². The predicted octanol–water partition coefficient (Wildman–Crippen LogP) is 2.61. The summed E-state index contributed by atoms with van der Waals surface area (Å²) in [4.78, 5) is 12.0. The average Bonchev–Trinajstić information content (AvgIpc) is 2.38. The van der Waals surface area contributed by atoms with Crippen molar-refractivity contribution in [3.05, 3.63) is 35.6 Å². The molecule has 0 spiro atoms. The maximum atomic E-state index is 13.1. The van der Waals surface area contributed by atoms with E-state index >= 15 is 0 Å². The van der Waals surface area contributed by atoms with E-state index in [0.29, 0.717) is 12.8 Å². The lowest BCUT2D eigenvalue weighted by atomic mass is 9.97. The molecule has 1 aromatic rings. The number of urea groups is 1. The number of amides is 2. The van der Waals surface area contributed by atoms with Gasteiger partial charge < -0.3 is 15.7 Å². The van der Waals surface area contributed by atoms with E-state index in [-0.39, 0.29) is 24.5 Å². The molecule has 0 saturated heterocycles. The van der Waals surface area contributed by atoms with Crippen molar-refractivity contribution in [3.63, 3.8) is 0 Å². The van der Waals surface area contributed by atoms with E-state index in [1.807, 2.05) is 26.8 Å². The van der Waals surface area contributed by atoms with Crippen LogP contribution in [-0.4, -0.2) is 29.3 Å². The molecule has 3 N–H and O–H groups in total. The van der Waals surface area contributed by atoms with Crippen LogP contribution in [0.3, 0.4) is 0 Å². The number of benzene rings is 1. The molecule has 0 fully saturated rings. The van der Waals surface area contributed by atoms with Gasteiger partial charge in [0, 0.05) is 6.04 Å².